The lowest BCUT2D eigenvalue weighted by Gasteiger charge is -2.04. The highest BCUT2D eigenvalue weighted by Gasteiger charge is 2.05. The van der Waals surface area contributed by atoms with Crippen LogP contribution in [0, 0.1) is 0 Å². The molecular formula is C7H7BrClNO. The molecule has 0 saturated carbocycles. The van der Waals surface area contributed by atoms with Gasteiger partial charge in [-0.3, -0.25) is 4.98 Å². The maximum atomic E-state index is 9.27. The molecule has 60 valence electrons. The van der Waals surface area contributed by atoms with Gasteiger partial charge in [-0.15, -0.1) is 0 Å². The summed E-state index contributed by atoms with van der Waals surface area (Å²) in [4.78, 5) is 3.94. The van der Waals surface area contributed by atoms with Gasteiger partial charge in [0.2, 0.25) is 0 Å². The van der Waals surface area contributed by atoms with E-state index in [1.54, 1.807) is 12.1 Å². The van der Waals surface area contributed by atoms with Crippen molar-refractivity contribution in [1.82, 2.24) is 4.98 Å². The van der Waals surface area contributed by atoms with Crippen LogP contribution in [0.15, 0.2) is 18.3 Å². The van der Waals surface area contributed by atoms with Crippen LogP contribution < -0.4 is 0 Å². The zero-order valence-electron chi connectivity index (χ0n) is 5.67. The van der Waals surface area contributed by atoms with E-state index in [0.717, 1.165) is 0 Å². The molecule has 0 amide bonds. The van der Waals surface area contributed by atoms with E-state index in [2.05, 4.69) is 20.9 Å². The number of hydrogen-bond donors (Lipinski definition) is 1. The molecule has 1 aromatic rings. The van der Waals surface area contributed by atoms with Gasteiger partial charge in [0.15, 0.2) is 0 Å². The lowest BCUT2D eigenvalue weighted by atomic mass is 10.2. The quantitative estimate of drug-likeness (QED) is 0.798. The molecule has 0 saturated heterocycles. The molecule has 4 heteroatoms. The first-order valence-electron chi connectivity index (χ1n) is 3.09. The molecule has 0 aliphatic rings. The van der Waals surface area contributed by atoms with Crippen LogP contribution in [0.1, 0.15) is 11.8 Å². The molecule has 0 spiro atoms. The summed E-state index contributed by atoms with van der Waals surface area (Å²) in [7, 11) is 0. The third kappa shape index (κ3) is 2.43. The number of alkyl halides is 1. The van der Waals surface area contributed by atoms with Gasteiger partial charge < -0.3 is 5.11 Å². The highest BCUT2D eigenvalue weighted by molar-refractivity contribution is 9.09. The summed E-state index contributed by atoms with van der Waals surface area (Å²) in [6.07, 6.45) is 0.968. The summed E-state index contributed by atoms with van der Waals surface area (Å²) >= 11 is 8.75. The lowest BCUT2D eigenvalue weighted by Crippen LogP contribution is -2.00. The van der Waals surface area contributed by atoms with Crippen LogP contribution in [0.2, 0.25) is 5.02 Å². The number of aliphatic hydroxyl groups is 1. The molecule has 1 rings (SSSR count). The minimum atomic E-state index is -0.549. The summed E-state index contributed by atoms with van der Waals surface area (Å²) in [6, 6.07) is 3.41. The van der Waals surface area contributed by atoms with Gasteiger partial charge in [0, 0.05) is 11.5 Å². The summed E-state index contributed by atoms with van der Waals surface area (Å²) in [5.74, 6) is 0. The SMILES string of the molecule is OC(CBr)c1ccc(Cl)cn1. The highest BCUT2D eigenvalue weighted by atomic mass is 79.9. The fourth-order valence-electron chi connectivity index (χ4n) is 0.663. The third-order valence-electron chi connectivity index (χ3n) is 1.24. The Balaban J connectivity index is 2.81. The number of pyridine rings is 1. The number of aliphatic hydroxyl groups excluding tert-OH is 1. The molecule has 1 unspecified atom stereocenters. The molecule has 2 nitrogen and oxygen atoms in total. The fourth-order valence-corrected chi connectivity index (χ4v) is 1.11. The topological polar surface area (TPSA) is 33.1 Å². The van der Waals surface area contributed by atoms with Crippen LogP contribution in [-0.2, 0) is 0 Å². The number of aromatic nitrogens is 1. The summed E-state index contributed by atoms with van der Waals surface area (Å²) in [6.45, 7) is 0. The van der Waals surface area contributed by atoms with Crippen LogP contribution in [0.5, 0.6) is 0 Å². The number of rotatable bonds is 2. The van der Waals surface area contributed by atoms with Crippen molar-refractivity contribution in [2.75, 3.05) is 5.33 Å². The van der Waals surface area contributed by atoms with Crippen molar-refractivity contribution >= 4 is 27.5 Å². The van der Waals surface area contributed by atoms with Gasteiger partial charge in [-0.05, 0) is 12.1 Å². The second-order valence-electron chi connectivity index (χ2n) is 2.07. The van der Waals surface area contributed by atoms with Gasteiger partial charge in [-0.25, -0.2) is 0 Å². The molecule has 1 aromatic heterocycles. The maximum absolute atomic E-state index is 9.27. The maximum Gasteiger partial charge on any atom is 0.106 e. The van der Waals surface area contributed by atoms with Crippen molar-refractivity contribution < 1.29 is 5.11 Å². The van der Waals surface area contributed by atoms with Crippen LogP contribution in [-0.4, -0.2) is 15.4 Å². The van der Waals surface area contributed by atoms with Gasteiger partial charge in [0.1, 0.15) is 6.10 Å². The Hall–Kier alpha value is -0.120. The van der Waals surface area contributed by atoms with Gasteiger partial charge in [0.25, 0.3) is 0 Å². The first-order chi connectivity index (χ1) is 5.24. The molecule has 0 fully saturated rings. The predicted molar refractivity (Wildman–Crippen MR) is 48.0 cm³/mol. The number of hydrogen-bond acceptors (Lipinski definition) is 2. The Kier molecular flexibility index (Phi) is 3.30. The average molecular weight is 236 g/mol. The first kappa shape index (κ1) is 8.97. The molecule has 0 radical (unpaired) electrons. The van der Waals surface area contributed by atoms with Crippen molar-refractivity contribution in [3.63, 3.8) is 0 Å². The van der Waals surface area contributed by atoms with Gasteiger partial charge in [-0.1, -0.05) is 27.5 Å². The van der Waals surface area contributed by atoms with E-state index in [-0.39, 0.29) is 0 Å². The Morgan fingerprint density at radius 1 is 1.64 bits per heavy atom. The first-order valence-corrected chi connectivity index (χ1v) is 4.59. The van der Waals surface area contributed by atoms with E-state index in [0.29, 0.717) is 16.0 Å². The molecule has 0 aliphatic carbocycles. The predicted octanol–water partition coefficient (Wildman–Crippen LogP) is 2.16. The van der Waals surface area contributed by atoms with Crippen molar-refractivity contribution in [2.45, 2.75) is 6.10 Å². The van der Waals surface area contributed by atoms with E-state index < -0.39 is 6.10 Å². The van der Waals surface area contributed by atoms with E-state index >= 15 is 0 Å². The van der Waals surface area contributed by atoms with Gasteiger partial charge >= 0.3 is 0 Å². The monoisotopic (exact) mass is 235 g/mol. The van der Waals surface area contributed by atoms with E-state index in [1.165, 1.54) is 6.20 Å². The minimum Gasteiger partial charge on any atom is -0.386 e. The Labute approximate surface area is 78.3 Å². The second kappa shape index (κ2) is 4.04. The van der Waals surface area contributed by atoms with E-state index in [1.807, 2.05) is 0 Å². The van der Waals surface area contributed by atoms with Crippen molar-refractivity contribution in [2.24, 2.45) is 0 Å². The minimum absolute atomic E-state index is 0.488. The van der Waals surface area contributed by atoms with Crippen molar-refractivity contribution in [3.05, 3.63) is 29.0 Å². The molecule has 11 heavy (non-hydrogen) atoms. The third-order valence-corrected chi connectivity index (χ3v) is 2.07. The molecule has 0 aromatic carbocycles. The zero-order chi connectivity index (χ0) is 8.27. The Morgan fingerprint density at radius 2 is 2.36 bits per heavy atom. The molecule has 1 atom stereocenters. The Bertz CT molecular complexity index is 226. The van der Waals surface area contributed by atoms with Crippen molar-refractivity contribution in [3.8, 4) is 0 Å². The average Bonchev–Trinajstić information content (AvgIpc) is 2.05. The summed E-state index contributed by atoms with van der Waals surface area (Å²) < 4.78 is 0. The lowest BCUT2D eigenvalue weighted by molar-refractivity contribution is 0.200. The van der Waals surface area contributed by atoms with Crippen molar-refractivity contribution in [1.29, 1.82) is 0 Å². The molecule has 1 N–H and O–H groups in total. The normalized spacial score (nSPS) is 13.0. The molecule has 0 bridgehead atoms. The van der Waals surface area contributed by atoms with E-state index in [4.69, 9.17) is 11.6 Å². The molecule has 1 heterocycles. The molecular weight excluding hydrogens is 229 g/mol. The summed E-state index contributed by atoms with van der Waals surface area (Å²) in [5.41, 5.74) is 0.631. The standard InChI is InChI=1S/C7H7BrClNO/c8-3-7(11)6-2-1-5(9)4-10-6/h1-2,4,7,11H,3H2. The Morgan fingerprint density at radius 3 is 2.82 bits per heavy atom. The molecule has 0 aliphatic heterocycles. The van der Waals surface area contributed by atoms with Crippen LogP contribution in [0.3, 0.4) is 0 Å². The van der Waals surface area contributed by atoms with Crippen LogP contribution in [0.25, 0.3) is 0 Å². The van der Waals surface area contributed by atoms with Gasteiger partial charge in [-0.2, -0.15) is 0 Å². The zero-order valence-corrected chi connectivity index (χ0v) is 8.01. The smallest absolute Gasteiger partial charge is 0.106 e. The summed E-state index contributed by atoms with van der Waals surface area (Å²) in [5, 5.41) is 10.3. The van der Waals surface area contributed by atoms with Crippen LogP contribution >= 0.6 is 27.5 Å². The second-order valence-corrected chi connectivity index (χ2v) is 3.16. The van der Waals surface area contributed by atoms with Gasteiger partial charge in [0.05, 0.1) is 10.7 Å². The highest BCUT2D eigenvalue weighted by Crippen LogP contribution is 2.14. The number of halogens is 2. The van der Waals surface area contributed by atoms with Crippen LogP contribution in [0.4, 0.5) is 0 Å². The van der Waals surface area contributed by atoms with E-state index in [9.17, 15) is 5.11 Å². The fraction of sp³-hybridized carbons (Fsp3) is 0.286. The number of nitrogens with zero attached hydrogens (tertiary/aromatic N) is 1. The largest absolute Gasteiger partial charge is 0.386 e.